The molecule has 2 N–H and O–H groups in total. The molecular formula is C14H11BrN2O3. The summed E-state index contributed by atoms with van der Waals surface area (Å²) in [4.78, 5) is 26.7. The Hall–Kier alpha value is -2.21. The Kier molecular flexibility index (Phi) is 4.14. The lowest BCUT2D eigenvalue weighted by molar-refractivity contribution is 0.0690. The molecule has 0 fully saturated rings. The lowest BCUT2D eigenvalue weighted by Gasteiger charge is -2.08. The number of benzene rings is 1. The highest BCUT2D eigenvalue weighted by Gasteiger charge is 2.12. The first-order valence-corrected chi connectivity index (χ1v) is 6.53. The first kappa shape index (κ1) is 14.2. The van der Waals surface area contributed by atoms with E-state index >= 15 is 0 Å². The van der Waals surface area contributed by atoms with E-state index in [1.165, 1.54) is 18.3 Å². The van der Waals surface area contributed by atoms with Crippen LogP contribution in [0.25, 0.3) is 0 Å². The lowest BCUT2D eigenvalue weighted by atomic mass is 10.1. The molecule has 0 aliphatic rings. The molecule has 2 rings (SSSR count). The van der Waals surface area contributed by atoms with Gasteiger partial charge in [0.25, 0.3) is 5.91 Å². The first-order valence-electron chi connectivity index (χ1n) is 5.74. The van der Waals surface area contributed by atoms with E-state index in [0.717, 1.165) is 5.56 Å². The number of carbonyl (C=O) groups is 2. The zero-order chi connectivity index (χ0) is 14.7. The number of carboxylic acid groups (broad SMARTS) is 1. The van der Waals surface area contributed by atoms with E-state index in [0.29, 0.717) is 15.7 Å². The number of aromatic nitrogens is 1. The second-order valence-electron chi connectivity index (χ2n) is 4.17. The van der Waals surface area contributed by atoms with Gasteiger partial charge in [0.15, 0.2) is 0 Å². The van der Waals surface area contributed by atoms with E-state index in [1.807, 2.05) is 13.0 Å². The Labute approximate surface area is 123 Å². The summed E-state index contributed by atoms with van der Waals surface area (Å²) in [5.74, 6) is -1.46. The van der Waals surface area contributed by atoms with Crippen LogP contribution in [0.1, 0.15) is 26.4 Å². The summed E-state index contributed by atoms with van der Waals surface area (Å²) in [6.45, 7) is 1.89. The van der Waals surface area contributed by atoms with Crippen LogP contribution in [0.2, 0.25) is 0 Å². The fraction of sp³-hybridized carbons (Fsp3) is 0.0714. The highest BCUT2D eigenvalue weighted by Crippen LogP contribution is 2.20. The van der Waals surface area contributed by atoms with Gasteiger partial charge in [-0.2, -0.15) is 0 Å². The standard InChI is InChI=1S/C14H11BrN2O3/c1-8-2-3-11(15)10(6-8)13(18)17-9-4-5-16-12(7-9)14(19)20/h2-7H,1H3,(H,19,20)(H,16,17,18). The number of hydrogen-bond acceptors (Lipinski definition) is 3. The quantitative estimate of drug-likeness (QED) is 0.903. The third-order valence-corrected chi connectivity index (χ3v) is 3.29. The molecule has 5 nitrogen and oxygen atoms in total. The van der Waals surface area contributed by atoms with Crippen LogP contribution >= 0.6 is 15.9 Å². The van der Waals surface area contributed by atoms with Gasteiger partial charge < -0.3 is 10.4 Å². The number of anilines is 1. The number of amides is 1. The van der Waals surface area contributed by atoms with E-state index in [9.17, 15) is 9.59 Å². The van der Waals surface area contributed by atoms with Crippen molar-refractivity contribution in [1.82, 2.24) is 4.98 Å². The van der Waals surface area contributed by atoms with Crippen molar-refractivity contribution in [3.8, 4) is 0 Å². The number of rotatable bonds is 3. The van der Waals surface area contributed by atoms with Crippen LogP contribution in [0.5, 0.6) is 0 Å². The van der Waals surface area contributed by atoms with Crippen molar-refractivity contribution in [2.75, 3.05) is 5.32 Å². The molecule has 0 saturated heterocycles. The van der Waals surface area contributed by atoms with Gasteiger partial charge in [-0.1, -0.05) is 11.6 Å². The predicted molar refractivity (Wildman–Crippen MR) is 78.0 cm³/mol. The number of carboxylic acids is 1. The van der Waals surface area contributed by atoms with E-state index in [4.69, 9.17) is 5.11 Å². The van der Waals surface area contributed by atoms with Crippen LogP contribution in [0.4, 0.5) is 5.69 Å². The Bertz CT molecular complexity index is 686. The fourth-order valence-electron chi connectivity index (χ4n) is 1.64. The zero-order valence-corrected chi connectivity index (χ0v) is 12.1. The summed E-state index contributed by atoms with van der Waals surface area (Å²) in [6.07, 6.45) is 1.34. The summed E-state index contributed by atoms with van der Waals surface area (Å²) >= 11 is 3.31. The van der Waals surface area contributed by atoms with Gasteiger partial charge in [-0.05, 0) is 47.1 Å². The van der Waals surface area contributed by atoms with Crippen molar-refractivity contribution in [3.05, 3.63) is 57.8 Å². The number of aryl methyl sites for hydroxylation is 1. The van der Waals surface area contributed by atoms with Gasteiger partial charge in [0, 0.05) is 16.4 Å². The van der Waals surface area contributed by atoms with Crippen molar-refractivity contribution in [3.63, 3.8) is 0 Å². The summed E-state index contributed by atoms with van der Waals surface area (Å²) in [5.41, 5.74) is 1.71. The van der Waals surface area contributed by atoms with Crippen LogP contribution in [0.3, 0.4) is 0 Å². The van der Waals surface area contributed by atoms with Gasteiger partial charge >= 0.3 is 5.97 Å². The lowest BCUT2D eigenvalue weighted by Crippen LogP contribution is -2.13. The van der Waals surface area contributed by atoms with Crippen molar-refractivity contribution in [2.45, 2.75) is 6.92 Å². The Balaban J connectivity index is 2.25. The van der Waals surface area contributed by atoms with E-state index in [1.54, 1.807) is 12.1 Å². The molecule has 1 heterocycles. The maximum Gasteiger partial charge on any atom is 0.354 e. The van der Waals surface area contributed by atoms with Crippen LogP contribution in [0.15, 0.2) is 41.0 Å². The van der Waals surface area contributed by atoms with Gasteiger partial charge in [0.05, 0.1) is 5.56 Å². The second kappa shape index (κ2) is 5.83. The van der Waals surface area contributed by atoms with E-state index < -0.39 is 5.97 Å². The molecule has 1 aromatic carbocycles. The monoisotopic (exact) mass is 334 g/mol. The molecule has 1 amide bonds. The third-order valence-electron chi connectivity index (χ3n) is 2.60. The maximum absolute atomic E-state index is 12.2. The first-order chi connectivity index (χ1) is 9.47. The normalized spacial score (nSPS) is 10.1. The number of carbonyl (C=O) groups excluding carboxylic acids is 1. The summed E-state index contributed by atoms with van der Waals surface area (Å²) in [7, 11) is 0. The van der Waals surface area contributed by atoms with Gasteiger partial charge in [0.1, 0.15) is 5.69 Å². The van der Waals surface area contributed by atoms with Crippen LogP contribution in [0, 0.1) is 6.92 Å². The molecule has 0 aliphatic carbocycles. The fourth-order valence-corrected chi connectivity index (χ4v) is 2.06. The molecule has 0 aliphatic heterocycles. The molecule has 2 aromatic rings. The minimum atomic E-state index is -1.14. The van der Waals surface area contributed by atoms with Gasteiger partial charge in [-0.3, -0.25) is 4.79 Å². The molecule has 6 heteroatoms. The van der Waals surface area contributed by atoms with Crippen molar-refractivity contribution in [2.24, 2.45) is 0 Å². The second-order valence-corrected chi connectivity index (χ2v) is 5.03. The smallest absolute Gasteiger partial charge is 0.354 e. The minimum absolute atomic E-state index is 0.119. The number of nitrogens with zero attached hydrogens (tertiary/aromatic N) is 1. The number of hydrogen-bond donors (Lipinski definition) is 2. The average molecular weight is 335 g/mol. The Morgan fingerprint density at radius 3 is 2.70 bits per heavy atom. The van der Waals surface area contributed by atoms with Crippen molar-refractivity contribution < 1.29 is 14.7 Å². The summed E-state index contributed by atoms with van der Waals surface area (Å²) < 4.78 is 0.674. The molecule has 102 valence electrons. The van der Waals surface area contributed by atoms with E-state index in [-0.39, 0.29) is 11.6 Å². The van der Waals surface area contributed by atoms with E-state index in [2.05, 4.69) is 26.2 Å². The Morgan fingerprint density at radius 1 is 1.25 bits per heavy atom. The largest absolute Gasteiger partial charge is 0.477 e. The predicted octanol–water partition coefficient (Wildman–Crippen LogP) is 3.10. The van der Waals surface area contributed by atoms with Gasteiger partial charge in [0.2, 0.25) is 0 Å². The third kappa shape index (κ3) is 3.21. The molecular weight excluding hydrogens is 324 g/mol. The zero-order valence-electron chi connectivity index (χ0n) is 10.6. The number of pyridine rings is 1. The van der Waals surface area contributed by atoms with Gasteiger partial charge in [-0.15, -0.1) is 0 Å². The number of nitrogens with one attached hydrogen (secondary N) is 1. The molecule has 0 spiro atoms. The highest BCUT2D eigenvalue weighted by molar-refractivity contribution is 9.10. The summed E-state index contributed by atoms with van der Waals surface area (Å²) in [5, 5.41) is 11.5. The topological polar surface area (TPSA) is 79.3 Å². The molecule has 0 bridgehead atoms. The van der Waals surface area contributed by atoms with Crippen LogP contribution in [-0.2, 0) is 0 Å². The minimum Gasteiger partial charge on any atom is -0.477 e. The summed E-state index contributed by atoms with van der Waals surface area (Å²) in [6, 6.07) is 8.27. The highest BCUT2D eigenvalue weighted by atomic mass is 79.9. The molecule has 0 atom stereocenters. The van der Waals surface area contributed by atoms with Crippen molar-refractivity contribution >= 4 is 33.5 Å². The van der Waals surface area contributed by atoms with Gasteiger partial charge in [-0.25, -0.2) is 9.78 Å². The maximum atomic E-state index is 12.2. The molecule has 0 unspecified atom stereocenters. The van der Waals surface area contributed by atoms with Crippen LogP contribution < -0.4 is 5.32 Å². The molecule has 1 aromatic heterocycles. The SMILES string of the molecule is Cc1ccc(Br)c(C(=O)Nc2ccnc(C(=O)O)c2)c1. The van der Waals surface area contributed by atoms with Crippen LogP contribution in [-0.4, -0.2) is 22.0 Å². The number of aromatic carboxylic acids is 1. The molecule has 0 radical (unpaired) electrons. The average Bonchev–Trinajstić information content (AvgIpc) is 2.41. The molecule has 20 heavy (non-hydrogen) atoms. The van der Waals surface area contributed by atoms with Crippen molar-refractivity contribution in [1.29, 1.82) is 0 Å². The number of halogens is 1. The Morgan fingerprint density at radius 2 is 2.00 bits per heavy atom. The molecule has 0 saturated carbocycles.